The molecule has 1 fully saturated rings. The summed E-state index contributed by atoms with van der Waals surface area (Å²) in [6.45, 7) is 4.28. The Hall–Kier alpha value is -0.900. The Bertz CT molecular complexity index is 262. The first-order valence-corrected chi connectivity index (χ1v) is 6.40. The summed E-state index contributed by atoms with van der Waals surface area (Å²) in [4.78, 5) is 22.5. The number of hydrogen-bond donors (Lipinski definition) is 0. The van der Waals surface area contributed by atoms with Crippen LogP contribution in [0.1, 0.15) is 46.0 Å². The molecule has 2 unspecified atom stereocenters. The van der Waals surface area contributed by atoms with Gasteiger partial charge in [0.25, 0.3) is 0 Å². The molecule has 1 rings (SSSR count). The number of ether oxygens (including phenoxy) is 2. The van der Waals surface area contributed by atoms with Gasteiger partial charge in [-0.25, -0.2) is 0 Å². The molecular formula is C13H22O4. The molecule has 17 heavy (non-hydrogen) atoms. The number of carbonyl (C=O) groups excluding carboxylic acids is 2. The molecule has 1 saturated carbocycles. The highest BCUT2D eigenvalue weighted by molar-refractivity contribution is 5.96. The average molecular weight is 242 g/mol. The van der Waals surface area contributed by atoms with Crippen molar-refractivity contribution in [2.75, 3.05) is 13.2 Å². The van der Waals surface area contributed by atoms with Crippen LogP contribution in [0.15, 0.2) is 0 Å². The number of rotatable bonds is 6. The third kappa shape index (κ3) is 5.82. The Morgan fingerprint density at radius 2 is 2.06 bits per heavy atom. The first-order chi connectivity index (χ1) is 8.11. The van der Waals surface area contributed by atoms with Gasteiger partial charge in [-0.15, -0.1) is 0 Å². The third-order valence-electron chi connectivity index (χ3n) is 3.02. The molecule has 0 saturated heterocycles. The van der Waals surface area contributed by atoms with Crippen LogP contribution in [0.4, 0.5) is 0 Å². The summed E-state index contributed by atoms with van der Waals surface area (Å²) in [7, 11) is 0. The summed E-state index contributed by atoms with van der Waals surface area (Å²) in [5, 5.41) is 0. The highest BCUT2D eigenvalue weighted by Crippen LogP contribution is 2.25. The van der Waals surface area contributed by atoms with Crippen molar-refractivity contribution in [3.8, 4) is 0 Å². The number of Topliss-reactive ketones (excluding diaryl/α,β-unsaturated/α-hetero) is 1. The van der Waals surface area contributed by atoms with Gasteiger partial charge >= 0.3 is 5.97 Å². The van der Waals surface area contributed by atoms with Crippen LogP contribution in [-0.4, -0.2) is 31.1 Å². The molecule has 0 radical (unpaired) electrons. The van der Waals surface area contributed by atoms with Gasteiger partial charge in [0.2, 0.25) is 0 Å². The summed E-state index contributed by atoms with van der Waals surface area (Å²) in [5.74, 6) is 0.0219. The quantitative estimate of drug-likeness (QED) is 0.528. The second kappa shape index (κ2) is 7.43. The molecule has 0 aliphatic heterocycles. The molecule has 1 aliphatic rings. The van der Waals surface area contributed by atoms with E-state index in [0.717, 1.165) is 19.3 Å². The maximum atomic E-state index is 11.4. The molecule has 98 valence electrons. The summed E-state index contributed by atoms with van der Waals surface area (Å²) in [6, 6.07) is 0. The lowest BCUT2D eigenvalue weighted by molar-refractivity contribution is -0.147. The lowest BCUT2D eigenvalue weighted by atomic mass is 9.89. The largest absolute Gasteiger partial charge is 0.466 e. The van der Waals surface area contributed by atoms with E-state index in [2.05, 4.69) is 6.92 Å². The normalized spacial score (nSPS) is 24.4. The van der Waals surface area contributed by atoms with Crippen molar-refractivity contribution in [1.82, 2.24) is 0 Å². The topological polar surface area (TPSA) is 52.6 Å². The molecule has 0 aromatic carbocycles. The van der Waals surface area contributed by atoms with Gasteiger partial charge in [0, 0.05) is 0 Å². The van der Waals surface area contributed by atoms with Gasteiger partial charge in [-0.2, -0.15) is 0 Å². The van der Waals surface area contributed by atoms with E-state index in [1.54, 1.807) is 6.92 Å². The van der Waals surface area contributed by atoms with Crippen LogP contribution in [0.2, 0.25) is 0 Å². The molecule has 0 spiro atoms. The fourth-order valence-corrected chi connectivity index (χ4v) is 2.16. The van der Waals surface area contributed by atoms with E-state index in [1.165, 1.54) is 6.42 Å². The van der Waals surface area contributed by atoms with E-state index in [4.69, 9.17) is 9.47 Å². The molecule has 4 heteroatoms. The lowest BCUT2D eigenvalue weighted by Crippen LogP contribution is -2.25. The monoisotopic (exact) mass is 242 g/mol. The first-order valence-electron chi connectivity index (χ1n) is 6.40. The predicted octanol–water partition coefficient (Wildman–Crippen LogP) is 2.10. The Morgan fingerprint density at radius 1 is 1.29 bits per heavy atom. The zero-order valence-corrected chi connectivity index (χ0v) is 10.7. The summed E-state index contributed by atoms with van der Waals surface area (Å²) >= 11 is 0. The molecule has 0 heterocycles. The second-order valence-corrected chi connectivity index (χ2v) is 4.73. The van der Waals surface area contributed by atoms with Crippen LogP contribution < -0.4 is 0 Å². The molecule has 4 nitrogen and oxygen atoms in total. The Morgan fingerprint density at radius 3 is 2.71 bits per heavy atom. The SMILES string of the molecule is CCOC(=O)CC(=O)COC1CCCC(C)C1. The van der Waals surface area contributed by atoms with Crippen LogP contribution in [0.25, 0.3) is 0 Å². The van der Waals surface area contributed by atoms with Crippen LogP contribution in [0, 0.1) is 5.92 Å². The zero-order chi connectivity index (χ0) is 12.7. The molecule has 1 aliphatic carbocycles. The molecule has 0 N–H and O–H groups in total. The lowest BCUT2D eigenvalue weighted by Gasteiger charge is -2.26. The van der Waals surface area contributed by atoms with Crippen molar-refractivity contribution >= 4 is 11.8 Å². The van der Waals surface area contributed by atoms with Crippen molar-refractivity contribution in [2.24, 2.45) is 5.92 Å². The van der Waals surface area contributed by atoms with E-state index in [0.29, 0.717) is 12.5 Å². The van der Waals surface area contributed by atoms with Gasteiger partial charge < -0.3 is 9.47 Å². The zero-order valence-electron chi connectivity index (χ0n) is 10.7. The summed E-state index contributed by atoms with van der Waals surface area (Å²) in [5.41, 5.74) is 0. The van der Waals surface area contributed by atoms with Gasteiger partial charge in [-0.05, 0) is 25.7 Å². The predicted molar refractivity (Wildman–Crippen MR) is 63.6 cm³/mol. The maximum absolute atomic E-state index is 11.4. The minimum absolute atomic E-state index is 0.0379. The van der Waals surface area contributed by atoms with Crippen LogP contribution in [0.3, 0.4) is 0 Å². The standard InChI is InChI=1S/C13H22O4/c1-3-16-13(15)8-11(14)9-17-12-6-4-5-10(2)7-12/h10,12H,3-9H2,1-2H3. The smallest absolute Gasteiger partial charge is 0.313 e. The van der Waals surface area contributed by atoms with Crippen LogP contribution >= 0.6 is 0 Å². The van der Waals surface area contributed by atoms with E-state index >= 15 is 0 Å². The number of ketones is 1. The first kappa shape index (κ1) is 14.2. The highest BCUT2D eigenvalue weighted by atomic mass is 16.5. The molecule has 2 atom stereocenters. The number of esters is 1. The molecule has 0 amide bonds. The van der Waals surface area contributed by atoms with Gasteiger partial charge in [0.05, 0.1) is 12.7 Å². The third-order valence-corrected chi connectivity index (χ3v) is 3.02. The van der Waals surface area contributed by atoms with Gasteiger partial charge in [-0.1, -0.05) is 19.8 Å². The summed E-state index contributed by atoms with van der Waals surface area (Å²) < 4.78 is 10.2. The Kier molecular flexibility index (Phi) is 6.19. The van der Waals surface area contributed by atoms with Crippen molar-refractivity contribution in [2.45, 2.75) is 52.1 Å². The van der Waals surface area contributed by atoms with Gasteiger partial charge in [0.15, 0.2) is 5.78 Å². The van der Waals surface area contributed by atoms with Crippen molar-refractivity contribution in [3.05, 3.63) is 0 Å². The number of carbonyl (C=O) groups is 2. The van der Waals surface area contributed by atoms with Gasteiger partial charge in [-0.3, -0.25) is 9.59 Å². The minimum atomic E-state index is -0.460. The minimum Gasteiger partial charge on any atom is -0.466 e. The number of hydrogen-bond acceptors (Lipinski definition) is 4. The summed E-state index contributed by atoms with van der Waals surface area (Å²) in [6.07, 6.45) is 4.47. The second-order valence-electron chi connectivity index (χ2n) is 4.73. The van der Waals surface area contributed by atoms with Crippen molar-refractivity contribution in [3.63, 3.8) is 0 Å². The maximum Gasteiger partial charge on any atom is 0.313 e. The van der Waals surface area contributed by atoms with Crippen LogP contribution in [0.5, 0.6) is 0 Å². The van der Waals surface area contributed by atoms with Crippen LogP contribution in [-0.2, 0) is 19.1 Å². The molecule has 0 aromatic heterocycles. The molecule has 0 bridgehead atoms. The van der Waals surface area contributed by atoms with Crippen molar-refractivity contribution in [1.29, 1.82) is 0 Å². The van der Waals surface area contributed by atoms with Gasteiger partial charge in [0.1, 0.15) is 13.0 Å². The van der Waals surface area contributed by atoms with E-state index in [-0.39, 0.29) is 24.9 Å². The Balaban J connectivity index is 2.16. The fraction of sp³-hybridized carbons (Fsp3) is 0.846. The van der Waals surface area contributed by atoms with E-state index in [1.807, 2.05) is 0 Å². The average Bonchev–Trinajstić information content (AvgIpc) is 2.27. The molecular weight excluding hydrogens is 220 g/mol. The van der Waals surface area contributed by atoms with Crippen molar-refractivity contribution < 1.29 is 19.1 Å². The Labute approximate surface area is 103 Å². The van der Waals surface area contributed by atoms with E-state index < -0.39 is 5.97 Å². The molecule has 0 aromatic rings. The fourth-order valence-electron chi connectivity index (χ4n) is 2.16. The van der Waals surface area contributed by atoms with E-state index in [9.17, 15) is 9.59 Å². The highest BCUT2D eigenvalue weighted by Gasteiger charge is 2.20.